The predicted octanol–water partition coefficient (Wildman–Crippen LogP) is 0.800. The summed E-state index contributed by atoms with van der Waals surface area (Å²) in [5.41, 5.74) is 1.96. The quantitative estimate of drug-likeness (QED) is 0.851. The van der Waals surface area contributed by atoms with Gasteiger partial charge in [-0.2, -0.15) is 0 Å². The molecule has 1 heterocycles. The first-order chi connectivity index (χ1) is 8.47. The molecular formula is C13H18N2O2S. The van der Waals surface area contributed by atoms with Crippen molar-refractivity contribution in [2.75, 3.05) is 13.1 Å². The van der Waals surface area contributed by atoms with Gasteiger partial charge in [-0.15, -0.1) is 0 Å². The molecular weight excluding hydrogens is 248 g/mol. The Kier molecular flexibility index (Phi) is 2.73. The number of aryl methyl sites for hydroxylation is 2. The second kappa shape index (κ2) is 4.05. The van der Waals surface area contributed by atoms with Crippen molar-refractivity contribution in [3.8, 4) is 0 Å². The van der Waals surface area contributed by atoms with Gasteiger partial charge < -0.3 is 5.32 Å². The topological polar surface area (TPSA) is 58.2 Å². The van der Waals surface area contributed by atoms with Crippen LogP contribution in [0.3, 0.4) is 0 Å². The van der Waals surface area contributed by atoms with E-state index in [2.05, 4.69) is 10.0 Å². The van der Waals surface area contributed by atoms with Crippen molar-refractivity contribution in [1.82, 2.24) is 10.0 Å². The van der Waals surface area contributed by atoms with Crippen molar-refractivity contribution in [1.29, 1.82) is 0 Å². The van der Waals surface area contributed by atoms with Crippen molar-refractivity contribution >= 4 is 10.0 Å². The lowest BCUT2D eigenvalue weighted by Gasteiger charge is -2.10. The second-order valence-electron chi connectivity index (χ2n) is 5.46. The van der Waals surface area contributed by atoms with Gasteiger partial charge in [-0.3, -0.25) is 0 Å². The minimum absolute atomic E-state index is 0.136. The van der Waals surface area contributed by atoms with Gasteiger partial charge >= 0.3 is 0 Å². The summed E-state index contributed by atoms with van der Waals surface area (Å²) in [7, 11) is -3.36. The zero-order valence-electron chi connectivity index (χ0n) is 10.6. The average Bonchev–Trinajstić information content (AvgIpc) is 2.73. The number of sulfonamides is 1. The molecule has 0 amide bonds. The minimum atomic E-state index is -3.36. The number of nitrogens with one attached hydrogen (secondary N) is 2. The van der Waals surface area contributed by atoms with Crippen LogP contribution in [-0.4, -0.2) is 27.5 Å². The van der Waals surface area contributed by atoms with Crippen LogP contribution in [0.2, 0.25) is 0 Å². The number of rotatable bonds is 3. The first-order valence-electron chi connectivity index (χ1n) is 6.29. The lowest BCUT2D eigenvalue weighted by atomic mass is 10.2. The van der Waals surface area contributed by atoms with Crippen LogP contribution in [0.5, 0.6) is 0 Å². The Bertz CT molecular complexity index is 552. The van der Waals surface area contributed by atoms with Crippen LogP contribution in [0.1, 0.15) is 11.1 Å². The van der Waals surface area contributed by atoms with Crippen LogP contribution in [0.25, 0.3) is 0 Å². The van der Waals surface area contributed by atoms with Crippen LogP contribution >= 0.6 is 0 Å². The number of hydrogen-bond acceptors (Lipinski definition) is 3. The normalized spacial score (nSPS) is 30.2. The molecule has 2 aliphatic rings. The van der Waals surface area contributed by atoms with Crippen molar-refractivity contribution in [3.63, 3.8) is 0 Å². The lowest BCUT2D eigenvalue weighted by molar-refractivity contribution is 0.565. The Morgan fingerprint density at radius 3 is 2.22 bits per heavy atom. The Morgan fingerprint density at radius 2 is 1.67 bits per heavy atom. The van der Waals surface area contributed by atoms with E-state index in [0.29, 0.717) is 16.7 Å². The van der Waals surface area contributed by atoms with Crippen molar-refractivity contribution in [3.05, 3.63) is 29.3 Å². The van der Waals surface area contributed by atoms with Crippen LogP contribution in [0.4, 0.5) is 0 Å². The molecule has 0 spiro atoms. The number of hydrogen-bond donors (Lipinski definition) is 2. The summed E-state index contributed by atoms with van der Waals surface area (Å²) in [5, 5.41) is 3.26. The molecule has 2 unspecified atom stereocenters. The van der Waals surface area contributed by atoms with E-state index in [0.717, 1.165) is 24.2 Å². The summed E-state index contributed by atoms with van der Waals surface area (Å²) in [6, 6.07) is 5.57. The van der Waals surface area contributed by atoms with Gasteiger partial charge in [0.25, 0.3) is 0 Å². The average molecular weight is 266 g/mol. The molecule has 0 radical (unpaired) electrons. The van der Waals surface area contributed by atoms with E-state index >= 15 is 0 Å². The summed E-state index contributed by atoms with van der Waals surface area (Å²) in [5.74, 6) is 0.983. The van der Waals surface area contributed by atoms with E-state index in [9.17, 15) is 8.42 Å². The SMILES string of the molecule is Cc1cc(C)cc(S(=O)(=O)NC2C3CNCC32)c1. The highest BCUT2D eigenvalue weighted by Gasteiger charge is 2.54. The first-order valence-corrected chi connectivity index (χ1v) is 7.77. The molecule has 0 bridgehead atoms. The predicted molar refractivity (Wildman–Crippen MR) is 69.9 cm³/mol. The highest BCUT2D eigenvalue weighted by molar-refractivity contribution is 7.89. The smallest absolute Gasteiger partial charge is 0.240 e. The summed E-state index contributed by atoms with van der Waals surface area (Å²) >= 11 is 0. The molecule has 3 rings (SSSR count). The zero-order chi connectivity index (χ0) is 12.9. The molecule has 1 aromatic rings. The maximum Gasteiger partial charge on any atom is 0.240 e. The van der Waals surface area contributed by atoms with E-state index < -0.39 is 10.0 Å². The maximum absolute atomic E-state index is 12.3. The molecule has 1 saturated heterocycles. The fraction of sp³-hybridized carbons (Fsp3) is 0.538. The summed E-state index contributed by atoms with van der Waals surface area (Å²) in [4.78, 5) is 0.387. The van der Waals surface area contributed by atoms with Crippen LogP contribution in [0.15, 0.2) is 23.1 Å². The number of benzene rings is 1. The Hall–Kier alpha value is -0.910. The fourth-order valence-electron chi connectivity index (χ4n) is 2.93. The Labute approximate surface area is 108 Å². The maximum atomic E-state index is 12.3. The molecule has 1 saturated carbocycles. The highest BCUT2D eigenvalue weighted by Crippen LogP contribution is 2.42. The van der Waals surface area contributed by atoms with Crippen molar-refractivity contribution < 1.29 is 8.42 Å². The molecule has 98 valence electrons. The van der Waals surface area contributed by atoms with E-state index in [1.54, 1.807) is 12.1 Å². The summed E-state index contributed by atoms with van der Waals surface area (Å²) in [6.45, 7) is 5.71. The number of piperidine rings is 1. The van der Waals surface area contributed by atoms with Gasteiger partial charge in [0.15, 0.2) is 0 Å². The van der Waals surface area contributed by atoms with E-state index in [-0.39, 0.29) is 6.04 Å². The zero-order valence-corrected chi connectivity index (χ0v) is 11.4. The molecule has 1 aliphatic carbocycles. The monoisotopic (exact) mass is 266 g/mol. The van der Waals surface area contributed by atoms with Gasteiger partial charge in [0.1, 0.15) is 0 Å². The number of fused-ring (bicyclic) bond motifs is 1. The summed E-state index contributed by atoms with van der Waals surface area (Å²) in [6.07, 6.45) is 0. The molecule has 0 aromatic heterocycles. The van der Waals surface area contributed by atoms with Gasteiger partial charge in [-0.25, -0.2) is 13.1 Å². The third-order valence-corrected chi connectivity index (χ3v) is 5.33. The van der Waals surface area contributed by atoms with Gasteiger partial charge in [0.05, 0.1) is 4.90 Å². The second-order valence-corrected chi connectivity index (χ2v) is 7.17. The minimum Gasteiger partial charge on any atom is -0.316 e. The molecule has 2 N–H and O–H groups in total. The van der Waals surface area contributed by atoms with E-state index in [4.69, 9.17) is 0 Å². The third-order valence-electron chi connectivity index (χ3n) is 3.89. The molecule has 4 nitrogen and oxygen atoms in total. The van der Waals surface area contributed by atoms with Gasteiger partial charge in [-0.05, 0) is 62.0 Å². The molecule has 2 fully saturated rings. The lowest BCUT2D eigenvalue weighted by Crippen LogP contribution is -2.32. The fourth-order valence-corrected chi connectivity index (χ4v) is 4.45. The van der Waals surface area contributed by atoms with E-state index in [1.165, 1.54) is 0 Å². The Morgan fingerprint density at radius 1 is 1.11 bits per heavy atom. The molecule has 18 heavy (non-hydrogen) atoms. The molecule has 5 heteroatoms. The highest BCUT2D eigenvalue weighted by atomic mass is 32.2. The van der Waals surface area contributed by atoms with Crippen LogP contribution in [-0.2, 0) is 10.0 Å². The molecule has 1 aromatic carbocycles. The third kappa shape index (κ3) is 2.06. The largest absolute Gasteiger partial charge is 0.316 e. The molecule has 1 aliphatic heterocycles. The standard InChI is InChI=1S/C13H18N2O2S/c1-8-3-9(2)5-10(4-8)18(16,17)15-13-11-6-14-7-12(11)13/h3-5,11-15H,6-7H2,1-2H3. The van der Waals surface area contributed by atoms with Crippen LogP contribution in [0, 0.1) is 25.7 Å². The molecule has 2 atom stereocenters. The van der Waals surface area contributed by atoms with Gasteiger partial charge in [0, 0.05) is 6.04 Å². The Balaban J connectivity index is 1.81. The van der Waals surface area contributed by atoms with Gasteiger partial charge in [-0.1, -0.05) is 6.07 Å². The van der Waals surface area contributed by atoms with Crippen molar-refractivity contribution in [2.45, 2.75) is 24.8 Å². The van der Waals surface area contributed by atoms with Crippen molar-refractivity contribution in [2.24, 2.45) is 11.8 Å². The first kappa shape index (κ1) is 12.1. The summed E-state index contributed by atoms with van der Waals surface area (Å²) < 4.78 is 27.4. The van der Waals surface area contributed by atoms with Gasteiger partial charge in [0.2, 0.25) is 10.0 Å². The van der Waals surface area contributed by atoms with Crippen LogP contribution < -0.4 is 10.0 Å². The van der Waals surface area contributed by atoms with E-state index in [1.807, 2.05) is 19.9 Å².